The molecule has 0 N–H and O–H groups in total. The summed E-state index contributed by atoms with van der Waals surface area (Å²) in [5.74, 6) is 0. The summed E-state index contributed by atoms with van der Waals surface area (Å²) in [6.07, 6.45) is 4.32. The Labute approximate surface area is 172 Å². The molecule has 4 rings (SSSR count). The van der Waals surface area contributed by atoms with Crippen LogP contribution in [-0.2, 0) is 0 Å². The maximum absolute atomic E-state index is 5.23. The van der Waals surface area contributed by atoms with Crippen LogP contribution in [0.25, 0.3) is 6.08 Å². The van der Waals surface area contributed by atoms with Gasteiger partial charge in [-0.1, -0.05) is 133 Å². The summed E-state index contributed by atoms with van der Waals surface area (Å²) in [7, 11) is 0. The van der Waals surface area contributed by atoms with E-state index in [1.54, 1.807) is 0 Å². The van der Waals surface area contributed by atoms with Gasteiger partial charge in [-0.05, 0) is 11.1 Å². The Bertz CT molecular complexity index is 1020. The highest BCUT2D eigenvalue weighted by Gasteiger charge is 2.12. The van der Waals surface area contributed by atoms with E-state index in [1.165, 1.54) is 11.1 Å². The van der Waals surface area contributed by atoms with Crippen LogP contribution in [-0.4, -0.2) is 5.71 Å². The van der Waals surface area contributed by atoms with Gasteiger partial charge in [0.15, 0.2) is 0 Å². The van der Waals surface area contributed by atoms with Gasteiger partial charge in [0.1, 0.15) is 0 Å². The van der Waals surface area contributed by atoms with Gasteiger partial charge >= 0.3 is 0 Å². The van der Waals surface area contributed by atoms with Gasteiger partial charge in [0.2, 0.25) is 0 Å². The van der Waals surface area contributed by atoms with Gasteiger partial charge < -0.3 is 0 Å². The summed E-state index contributed by atoms with van der Waals surface area (Å²) in [4.78, 5) is 5.23. The van der Waals surface area contributed by atoms with Crippen LogP contribution < -0.4 is 0 Å². The molecule has 0 aliphatic heterocycles. The lowest BCUT2D eigenvalue weighted by Gasteiger charge is -2.14. The van der Waals surface area contributed by atoms with E-state index in [9.17, 15) is 0 Å². The van der Waals surface area contributed by atoms with Gasteiger partial charge in [0.05, 0.1) is 11.8 Å². The second kappa shape index (κ2) is 9.48. The molecule has 1 atom stereocenters. The highest BCUT2D eigenvalue weighted by Crippen LogP contribution is 2.23. The Kier molecular flexibility index (Phi) is 6.09. The van der Waals surface area contributed by atoms with E-state index in [1.807, 2.05) is 24.3 Å². The third-order valence-corrected chi connectivity index (χ3v) is 4.77. The molecule has 0 bridgehead atoms. The lowest BCUT2D eigenvalue weighted by atomic mass is 10.00. The molecule has 1 heteroatoms. The molecule has 0 aromatic heterocycles. The Morgan fingerprint density at radius 1 is 0.552 bits per heavy atom. The van der Waals surface area contributed by atoms with Crippen LogP contribution in [0.15, 0.2) is 132 Å². The summed E-state index contributed by atoms with van der Waals surface area (Å²) in [6, 6.07) is 41.5. The minimum atomic E-state index is -0.0770. The van der Waals surface area contributed by atoms with Crippen molar-refractivity contribution >= 4 is 11.8 Å². The molecular formula is C28H23N. The van der Waals surface area contributed by atoms with E-state index in [4.69, 9.17) is 4.99 Å². The molecule has 1 unspecified atom stereocenters. The fraction of sp³-hybridized carbons (Fsp3) is 0.0357. The Morgan fingerprint density at radius 2 is 1.00 bits per heavy atom. The van der Waals surface area contributed by atoms with Crippen molar-refractivity contribution in [2.24, 2.45) is 4.99 Å². The van der Waals surface area contributed by atoms with Crippen molar-refractivity contribution in [1.82, 2.24) is 0 Å². The monoisotopic (exact) mass is 373 g/mol. The molecular weight excluding hydrogens is 350 g/mol. The lowest BCUT2D eigenvalue weighted by Crippen LogP contribution is -2.06. The smallest absolute Gasteiger partial charge is 0.0941 e. The van der Waals surface area contributed by atoms with Crippen molar-refractivity contribution in [2.45, 2.75) is 6.04 Å². The van der Waals surface area contributed by atoms with Crippen molar-refractivity contribution in [3.63, 3.8) is 0 Å². The summed E-state index contributed by atoms with van der Waals surface area (Å²) < 4.78 is 0. The second-order valence-electron chi connectivity index (χ2n) is 6.84. The minimum absolute atomic E-state index is 0.0770. The number of benzene rings is 4. The van der Waals surface area contributed by atoms with Crippen LogP contribution in [0.4, 0.5) is 0 Å². The van der Waals surface area contributed by atoms with Crippen LogP contribution in [0.1, 0.15) is 28.3 Å². The normalized spacial score (nSPS) is 11.9. The molecule has 0 saturated heterocycles. The Hall–Kier alpha value is -3.71. The fourth-order valence-corrected chi connectivity index (χ4v) is 3.29. The highest BCUT2D eigenvalue weighted by atomic mass is 14.8. The zero-order valence-electron chi connectivity index (χ0n) is 16.2. The molecule has 0 fully saturated rings. The van der Waals surface area contributed by atoms with E-state index in [0.717, 1.165) is 16.8 Å². The van der Waals surface area contributed by atoms with Gasteiger partial charge in [-0.15, -0.1) is 0 Å². The standard InChI is InChI=1S/C28H23N/c1-5-13-23(14-6-1)21-22-27(24-15-7-2-8-16-24)29-28(25-17-9-3-10-18-25)26-19-11-4-12-20-26/h1-22,27H/b22-21+. The van der Waals surface area contributed by atoms with Gasteiger partial charge in [0.25, 0.3) is 0 Å². The van der Waals surface area contributed by atoms with E-state index in [2.05, 4.69) is 109 Å². The number of hydrogen-bond acceptors (Lipinski definition) is 1. The molecule has 0 saturated carbocycles. The summed E-state index contributed by atoms with van der Waals surface area (Å²) in [5, 5.41) is 0. The van der Waals surface area contributed by atoms with Gasteiger partial charge in [0, 0.05) is 11.1 Å². The molecule has 0 radical (unpaired) electrons. The number of rotatable bonds is 6. The summed E-state index contributed by atoms with van der Waals surface area (Å²) in [6.45, 7) is 0. The van der Waals surface area contributed by atoms with Crippen LogP contribution in [0.5, 0.6) is 0 Å². The van der Waals surface area contributed by atoms with Crippen molar-refractivity contribution in [3.8, 4) is 0 Å². The van der Waals surface area contributed by atoms with Crippen molar-refractivity contribution in [3.05, 3.63) is 150 Å². The lowest BCUT2D eigenvalue weighted by molar-refractivity contribution is 0.917. The van der Waals surface area contributed by atoms with Crippen LogP contribution in [0.2, 0.25) is 0 Å². The highest BCUT2D eigenvalue weighted by molar-refractivity contribution is 6.13. The minimum Gasteiger partial charge on any atom is -0.272 e. The summed E-state index contributed by atoms with van der Waals surface area (Å²) >= 11 is 0. The van der Waals surface area contributed by atoms with Crippen LogP contribution in [0, 0.1) is 0 Å². The molecule has 4 aromatic rings. The van der Waals surface area contributed by atoms with Crippen LogP contribution in [0.3, 0.4) is 0 Å². The van der Waals surface area contributed by atoms with E-state index >= 15 is 0 Å². The maximum Gasteiger partial charge on any atom is 0.0941 e. The van der Waals surface area contributed by atoms with Crippen molar-refractivity contribution in [2.75, 3.05) is 0 Å². The maximum atomic E-state index is 5.23. The summed E-state index contributed by atoms with van der Waals surface area (Å²) in [5.41, 5.74) is 5.58. The first-order valence-corrected chi connectivity index (χ1v) is 9.87. The van der Waals surface area contributed by atoms with Gasteiger partial charge in [-0.2, -0.15) is 0 Å². The van der Waals surface area contributed by atoms with E-state index < -0.39 is 0 Å². The van der Waals surface area contributed by atoms with Gasteiger partial charge in [-0.3, -0.25) is 4.99 Å². The Morgan fingerprint density at radius 3 is 1.52 bits per heavy atom. The first kappa shape index (κ1) is 18.6. The molecule has 0 aliphatic rings. The van der Waals surface area contributed by atoms with E-state index in [-0.39, 0.29) is 6.04 Å². The first-order chi connectivity index (χ1) is 14.4. The largest absolute Gasteiger partial charge is 0.272 e. The quantitative estimate of drug-likeness (QED) is 0.323. The third-order valence-electron chi connectivity index (χ3n) is 4.77. The average molecular weight is 373 g/mol. The molecule has 0 amide bonds. The van der Waals surface area contributed by atoms with Crippen molar-refractivity contribution < 1.29 is 0 Å². The second-order valence-corrected chi connectivity index (χ2v) is 6.84. The SMILES string of the molecule is C(=C\C(N=C(c1ccccc1)c1ccccc1)c1ccccc1)/c1ccccc1. The van der Waals surface area contributed by atoms with Crippen molar-refractivity contribution in [1.29, 1.82) is 0 Å². The van der Waals surface area contributed by atoms with E-state index in [0.29, 0.717) is 0 Å². The number of hydrogen-bond donors (Lipinski definition) is 0. The average Bonchev–Trinajstić information content (AvgIpc) is 2.82. The fourth-order valence-electron chi connectivity index (χ4n) is 3.29. The topological polar surface area (TPSA) is 12.4 Å². The number of nitrogens with zero attached hydrogens (tertiary/aromatic N) is 1. The zero-order valence-corrected chi connectivity index (χ0v) is 16.2. The third kappa shape index (κ3) is 4.97. The van der Waals surface area contributed by atoms with Gasteiger partial charge in [-0.25, -0.2) is 0 Å². The molecule has 0 aliphatic carbocycles. The number of aliphatic imine (C=N–C) groups is 1. The Balaban J connectivity index is 1.81. The predicted octanol–water partition coefficient (Wildman–Crippen LogP) is 6.98. The molecule has 4 aromatic carbocycles. The first-order valence-electron chi connectivity index (χ1n) is 9.87. The molecule has 0 spiro atoms. The molecule has 1 nitrogen and oxygen atoms in total. The molecule has 140 valence electrons. The zero-order chi connectivity index (χ0) is 19.7. The molecule has 0 heterocycles. The van der Waals surface area contributed by atoms with Crippen LogP contribution >= 0.6 is 0 Å². The predicted molar refractivity (Wildman–Crippen MR) is 123 cm³/mol. The molecule has 29 heavy (non-hydrogen) atoms.